The molecule has 1 aliphatic carbocycles. The van der Waals surface area contributed by atoms with Gasteiger partial charge in [-0.1, -0.05) is 6.92 Å². The number of rotatable bonds is 2. The molecule has 0 radical (unpaired) electrons. The molecule has 0 unspecified atom stereocenters. The zero-order valence-electron chi connectivity index (χ0n) is 10.3. The van der Waals surface area contributed by atoms with Gasteiger partial charge >= 0.3 is 0 Å². The van der Waals surface area contributed by atoms with Crippen LogP contribution >= 0.6 is 0 Å². The van der Waals surface area contributed by atoms with Crippen molar-refractivity contribution < 1.29 is 4.21 Å². The quantitative estimate of drug-likeness (QED) is 0.787. The van der Waals surface area contributed by atoms with Crippen molar-refractivity contribution in [1.29, 1.82) is 0 Å². The summed E-state index contributed by atoms with van der Waals surface area (Å²) in [5, 5.41) is 0. The first-order valence-corrected chi connectivity index (χ1v) is 7.95. The first kappa shape index (κ1) is 12.5. The predicted octanol–water partition coefficient (Wildman–Crippen LogP) is 0.958. The van der Waals surface area contributed by atoms with Crippen LogP contribution in [0.1, 0.15) is 32.6 Å². The van der Waals surface area contributed by atoms with Crippen LogP contribution < -0.4 is 5.73 Å². The minimum Gasteiger partial charge on any atom is -0.329 e. The highest BCUT2D eigenvalue weighted by Crippen LogP contribution is 2.36. The molecule has 0 amide bonds. The largest absolute Gasteiger partial charge is 0.329 e. The van der Waals surface area contributed by atoms with Crippen molar-refractivity contribution in [3.8, 4) is 0 Å². The molecule has 2 N–H and O–H groups in total. The zero-order chi connectivity index (χ0) is 11.6. The summed E-state index contributed by atoms with van der Waals surface area (Å²) < 4.78 is 11.4. The van der Waals surface area contributed by atoms with Crippen molar-refractivity contribution in [3.05, 3.63) is 0 Å². The molecule has 2 rings (SSSR count). The van der Waals surface area contributed by atoms with Gasteiger partial charge in [0.2, 0.25) is 0 Å². The van der Waals surface area contributed by atoms with Gasteiger partial charge in [-0.3, -0.25) is 9.11 Å². The Balaban J connectivity index is 2.01. The van der Waals surface area contributed by atoms with Crippen molar-refractivity contribution in [1.82, 2.24) is 4.90 Å². The molecule has 3 nitrogen and oxygen atoms in total. The summed E-state index contributed by atoms with van der Waals surface area (Å²) in [7, 11) is -0.575. The minimum absolute atomic E-state index is 0.233. The van der Waals surface area contributed by atoms with Crippen LogP contribution in [0.5, 0.6) is 0 Å². The van der Waals surface area contributed by atoms with Gasteiger partial charge < -0.3 is 5.73 Å². The Kier molecular flexibility index (Phi) is 4.03. The van der Waals surface area contributed by atoms with Gasteiger partial charge in [0, 0.05) is 47.5 Å². The number of hydrogen-bond acceptors (Lipinski definition) is 3. The third-order valence-electron chi connectivity index (χ3n) is 4.43. The average Bonchev–Trinajstić information content (AvgIpc) is 2.32. The van der Waals surface area contributed by atoms with Crippen LogP contribution in [0.25, 0.3) is 0 Å². The maximum atomic E-state index is 11.4. The molecule has 0 aromatic carbocycles. The molecule has 1 heterocycles. The molecule has 94 valence electrons. The van der Waals surface area contributed by atoms with Gasteiger partial charge in [0.05, 0.1) is 0 Å². The summed E-state index contributed by atoms with van der Waals surface area (Å²) in [6.07, 6.45) is 5.07. The molecule has 0 aromatic rings. The highest BCUT2D eigenvalue weighted by molar-refractivity contribution is 7.85. The molecule has 2 aliphatic rings. The lowest BCUT2D eigenvalue weighted by Crippen LogP contribution is -2.59. The summed E-state index contributed by atoms with van der Waals surface area (Å²) in [6.45, 7) is 5.08. The molecule has 1 saturated heterocycles. The first-order valence-electron chi connectivity index (χ1n) is 6.46. The lowest BCUT2D eigenvalue weighted by Gasteiger charge is -2.48. The van der Waals surface area contributed by atoms with Crippen LogP contribution in [0.2, 0.25) is 0 Å². The highest BCUT2D eigenvalue weighted by atomic mass is 32.2. The second-order valence-electron chi connectivity index (χ2n) is 5.45. The number of nitrogens with two attached hydrogens (primary N) is 1. The van der Waals surface area contributed by atoms with E-state index in [-0.39, 0.29) is 5.54 Å². The average molecular weight is 244 g/mol. The fourth-order valence-corrected chi connectivity index (χ4v) is 4.11. The van der Waals surface area contributed by atoms with Crippen LogP contribution in [-0.2, 0) is 10.8 Å². The molecule has 1 saturated carbocycles. The Morgan fingerprint density at radius 3 is 2.38 bits per heavy atom. The van der Waals surface area contributed by atoms with Crippen LogP contribution in [0.15, 0.2) is 0 Å². The third kappa shape index (κ3) is 2.49. The first-order chi connectivity index (χ1) is 7.66. The van der Waals surface area contributed by atoms with E-state index in [0.717, 1.165) is 37.1 Å². The van der Waals surface area contributed by atoms with Gasteiger partial charge in [0.25, 0.3) is 0 Å². The van der Waals surface area contributed by atoms with Gasteiger partial charge in [-0.2, -0.15) is 0 Å². The van der Waals surface area contributed by atoms with Crippen molar-refractivity contribution >= 4 is 10.8 Å². The number of hydrogen-bond donors (Lipinski definition) is 1. The molecule has 0 aromatic heterocycles. The van der Waals surface area contributed by atoms with Crippen LogP contribution in [-0.4, -0.2) is 45.8 Å². The molecular formula is C12H24N2OS. The normalized spacial score (nSPS) is 38.8. The molecule has 1 aliphatic heterocycles. The lowest BCUT2D eigenvalue weighted by atomic mass is 9.76. The predicted molar refractivity (Wildman–Crippen MR) is 68.9 cm³/mol. The van der Waals surface area contributed by atoms with E-state index in [0.29, 0.717) is 0 Å². The molecule has 0 bridgehead atoms. The van der Waals surface area contributed by atoms with Crippen molar-refractivity contribution in [2.75, 3.05) is 31.1 Å². The van der Waals surface area contributed by atoms with Gasteiger partial charge in [-0.25, -0.2) is 0 Å². The van der Waals surface area contributed by atoms with Crippen LogP contribution in [0, 0.1) is 5.92 Å². The van der Waals surface area contributed by atoms with E-state index < -0.39 is 10.8 Å². The van der Waals surface area contributed by atoms with Crippen molar-refractivity contribution in [3.63, 3.8) is 0 Å². The number of nitrogens with zero attached hydrogens (tertiary/aromatic N) is 1. The molecule has 0 spiro atoms. The Morgan fingerprint density at radius 2 is 1.88 bits per heavy atom. The highest BCUT2D eigenvalue weighted by Gasteiger charge is 2.39. The van der Waals surface area contributed by atoms with Crippen LogP contribution in [0.3, 0.4) is 0 Å². The summed E-state index contributed by atoms with van der Waals surface area (Å²) in [5.74, 6) is 2.55. The third-order valence-corrected chi connectivity index (χ3v) is 5.71. The Hall–Kier alpha value is 0.0700. The second kappa shape index (κ2) is 5.15. The van der Waals surface area contributed by atoms with Gasteiger partial charge in [-0.05, 0) is 31.6 Å². The molecular weight excluding hydrogens is 220 g/mol. The molecule has 16 heavy (non-hydrogen) atoms. The van der Waals surface area contributed by atoms with Crippen LogP contribution in [0.4, 0.5) is 0 Å². The Morgan fingerprint density at radius 1 is 1.31 bits per heavy atom. The Bertz CT molecular complexity index is 252. The summed E-state index contributed by atoms with van der Waals surface area (Å²) in [5.41, 5.74) is 6.26. The van der Waals surface area contributed by atoms with Gasteiger partial charge in [0.1, 0.15) is 0 Å². The standard InChI is InChI=1S/C12H24N2OS/c1-11-2-4-12(10-13,5-3-11)14-6-8-16(15)9-7-14/h11H,2-10,13H2,1H3. The van der Waals surface area contributed by atoms with E-state index in [1.807, 2.05) is 0 Å². The van der Waals surface area contributed by atoms with Gasteiger partial charge in [0.15, 0.2) is 0 Å². The smallest absolute Gasteiger partial charge is 0.0363 e. The summed E-state index contributed by atoms with van der Waals surface area (Å²) in [4.78, 5) is 2.53. The fraction of sp³-hybridized carbons (Fsp3) is 1.00. The van der Waals surface area contributed by atoms with E-state index in [1.54, 1.807) is 0 Å². The van der Waals surface area contributed by atoms with E-state index in [2.05, 4.69) is 11.8 Å². The second-order valence-corrected chi connectivity index (χ2v) is 7.14. The maximum absolute atomic E-state index is 11.4. The van der Waals surface area contributed by atoms with E-state index in [9.17, 15) is 4.21 Å². The topological polar surface area (TPSA) is 46.3 Å². The molecule has 2 fully saturated rings. The molecule has 0 atom stereocenters. The zero-order valence-corrected chi connectivity index (χ0v) is 11.1. The Labute approximate surface area is 101 Å². The van der Waals surface area contributed by atoms with E-state index in [4.69, 9.17) is 5.73 Å². The summed E-state index contributed by atoms with van der Waals surface area (Å²) in [6, 6.07) is 0. The maximum Gasteiger partial charge on any atom is 0.0363 e. The lowest BCUT2D eigenvalue weighted by molar-refractivity contribution is 0.0528. The van der Waals surface area contributed by atoms with Gasteiger partial charge in [-0.15, -0.1) is 0 Å². The minimum atomic E-state index is -0.575. The SMILES string of the molecule is CC1CCC(CN)(N2CCS(=O)CC2)CC1. The molecule has 4 heteroatoms. The van der Waals surface area contributed by atoms with E-state index >= 15 is 0 Å². The van der Waals surface area contributed by atoms with Crippen molar-refractivity contribution in [2.24, 2.45) is 11.7 Å². The van der Waals surface area contributed by atoms with Crippen molar-refractivity contribution in [2.45, 2.75) is 38.1 Å². The fourth-order valence-electron chi connectivity index (χ4n) is 3.06. The summed E-state index contributed by atoms with van der Waals surface area (Å²) >= 11 is 0. The van der Waals surface area contributed by atoms with E-state index in [1.165, 1.54) is 25.7 Å². The monoisotopic (exact) mass is 244 g/mol.